The zero-order chi connectivity index (χ0) is 10.1. The van der Waals surface area contributed by atoms with Crippen molar-refractivity contribution in [1.29, 1.82) is 0 Å². The molecule has 0 aliphatic rings. The van der Waals surface area contributed by atoms with E-state index in [4.69, 9.17) is 11.5 Å². The number of guanidine groups is 2. The van der Waals surface area contributed by atoms with Gasteiger partial charge in [-0.15, -0.1) is 13.2 Å². The first-order chi connectivity index (χ1) is 6.20. The Morgan fingerprint density at radius 2 is 1.46 bits per heavy atom. The van der Waals surface area contributed by atoms with Crippen molar-refractivity contribution in [2.75, 3.05) is 13.1 Å². The van der Waals surface area contributed by atoms with Crippen LogP contribution in [0, 0.1) is 0 Å². The highest BCUT2D eigenvalue weighted by Crippen LogP contribution is 1.72. The van der Waals surface area contributed by atoms with E-state index in [1.807, 2.05) is 0 Å². The molecule has 0 rings (SSSR count). The van der Waals surface area contributed by atoms with Crippen LogP contribution >= 0.6 is 0 Å². The SMILES string of the molecule is C=CCN=C(N)NC(N)=NCC=C. The molecule has 0 radical (unpaired) electrons. The molecule has 0 heterocycles. The molecular formula is C8H15N5. The molecule has 72 valence electrons. The minimum atomic E-state index is 0.227. The van der Waals surface area contributed by atoms with Gasteiger partial charge in [0.25, 0.3) is 0 Å². The van der Waals surface area contributed by atoms with E-state index in [0.29, 0.717) is 13.1 Å². The van der Waals surface area contributed by atoms with E-state index in [9.17, 15) is 0 Å². The Morgan fingerprint density at radius 3 is 1.77 bits per heavy atom. The van der Waals surface area contributed by atoms with Crippen molar-refractivity contribution in [1.82, 2.24) is 5.32 Å². The maximum atomic E-state index is 5.44. The highest BCUT2D eigenvalue weighted by atomic mass is 15.2. The van der Waals surface area contributed by atoms with Crippen LogP contribution in [0.4, 0.5) is 0 Å². The van der Waals surface area contributed by atoms with E-state index >= 15 is 0 Å². The molecule has 0 saturated heterocycles. The number of nitrogens with two attached hydrogens (primary N) is 2. The number of hydrogen-bond donors (Lipinski definition) is 3. The van der Waals surface area contributed by atoms with Gasteiger partial charge >= 0.3 is 0 Å². The van der Waals surface area contributed by atoms with Gasteiger partial charge in [0.05, 0.1) is 13.1 Å². The Kier molecular flexibility index (Phi) is 5.96. The maximum Gasteiger partial charge on any atom is 0.195 e. The lowest BCUT2D eigenvalue weighted by Crippen LogP contribution is -2.41. The second-order valence-electron chi connectivity index (χ2n) is 2.15. The van der Waals surface area contributed by atoms with E-state index in [1.54, 1.807) is 12.2 Å². The summed E-state index contributed by atoms with van der Waals surface area (Å²) in [6.07, 6.45) is 3.26. The van der Waals surface area contributed by atoms with Crippen LogP contribution in [0.5, 0.6) is 0 Å². The first kappa shape index (κ1) is 11.2. The summed E-state index contributed by atoms with van der Waals surface area (Å²) in [6, 6.07) is 0. The van der Waals surface area contributed by atoms with Gasteiger partial charge in [0.15, 0.2) is 11.9 Å². The fourth-order valence-electron chi connectivity index (χ4n) is 0.536. The molecular weight excluding hydrogens is 166 g/mol. The number of rotatable bonds is 4. The Labute approximate surface area is 77.9 Å². The van der Waals surface area contributed by atoms with E-state index in [2.05, 4.69) is 28.5 Å². The minimum Gasteiger partial charge on any atom is -0.370 e. The van der Waals surface area contributed by atoms with Gasteiger partial charge in [-0.05, 0) is 0 Å². The van der Waals surface area contributed by atoms with E-state index in [1.165, 1.54) is 0 Å². The molecule has 0 aromatic heterocycles. The van der Waals surface area contributed by atoms with Gasteiger partial charge < -0.3 is 11.5 Å². The molecule has 5 N–H and O–H groups in total. The molecule has 0 unspecified atom stereocenters. The predicted molar refractivity (Wildman–Crippen MR) is 56.5 cm³/mol. The molecule has 0 aromatic rings. The van der Waals surface area contributed by atoms with Crippen molar-refractivity contribution in [3.05, 3.63) is 25.3 Å². The van der Waals surface area contributed by atoms with Crippen LogP contribution in [-0.4, -0.2) is 25.0 Å². The maximum absolute atomic E-state index is 5.44. The minimum absolute atomic E-state index is 0.227. The van der Waals surface area contributed by atoms with Crippen molar-refractivity contribution in [3.63, 3.8) is 0 Å². The monoisotopic (exact) mass is 181 g/mol. The molecule has 0 fully saturated rings. The first-order valence-corrected chi connectivity index (χ1v) is 3.79. The number of nitrogens with zero attached hydrogens (tertiary/aromatic N) is 2. The lowest BCUT2D eigenvalue weighted by atomic mass is 10.6. The summed E-state index contributed by atoms with van der Waals surface area (Å²) in [7, 11) is 0. The van der Waals surface area contributed by atoms with Crippen LogP contribution in [0.15, 0.2) is 35.3 Å². The standard InChI is InChI=1S/C8H15N5/c1-3-5-11-7(9)13-8(10)12-6-4-2/h3-4H,1-2,5-6H2,(H5,9,10,11,12,13). The molecule has 0 spiro atoms. The molecule has 0 bridgehead atoms. The van der Waals surface area contributed by atoms with Crippen LogP contribution < -0.4 is 16.8 Å². The summed E-state index contributed by atoms with van der Waals surface area (Å²) in [5.74, 6) is 0.454. The quantitative estimate of drug-likeness (QED) is 0.312. The fourth-order valence-corrected chi connectivity index (χ4v) is 0.536. The summed E-state index contributed by atoms with van der Waals surface area (Å²) >= 11 is 0. The fraction of sp³-hybridized carbons (Fsp3) is 0.250. The zero-order valence-corrected chi connectivity index (χ0v) is 7.53. The first-order valence-electron chi connectivity index (χ1n) is 3.79. The van der Waals surface area contributed by atoms with Crippen LogP contribution in [0.1, 0.15) is 0 Å². The highest BCUT2D eigenvalue weighted by Gasteiger charge is 1.91. The third-order valence-corrected chi connectivity index (χ3v) is 1.04. The van der Waals surface area contributed by atoms with Gasteiger partial charge in [0, 0.05) is 0 Å². The van der Waals surface area contributed by atoms with Gasteiger partial charge in [-0.3, -0.25) is 5.32 Å². The second kappa shape index (κ2) is 6.90. The van der Waals surface area contributed by atoms with Crippen LogP contribution in [0.3, 0.4) is 0 Å². The zero-order valence-electron chi connectivity index (χ0n) is 7.53. The number of nitrogens with one attached hydrogen (secondary N) is 1. The molecule has 5 nitrogen and oxygen atoms in total. The summed E-state index contributed by atoms with van der Waals surface area (Å²) in [5, 5.41) is 2.61. The average molecular weight is 181 g/mol. The summed E-state index contributed by atoms with van der Waals surface area (Å²) in [5.41, 5.74) is 10.9. The van der Waals surface area contributed by atoms with Crippen molar-refractivity contribution in [3.8, 4) is 0 Å². The molecule has 0 aliphatic carbocycles. The lowest BCUT2D eigenvalue weighted by molar-refractivity contribution is 1.12. The van der Waals surface area contributed by atoms with E-state index in [0.717, 1.165) is 0 Å². The van der Waals surface area contributed by atoms with Gasteiger partial charge in [-0.1, -0.05) is 12.2 Å². The predicted octanol–water partition coefficient (Wildman–Crippen LogP) is -0.423. The molecule has 13 heavy (non-hydrogen) atoms. The largest absolute Gasteiger partial charge is 0.370 e. The summed E-state index contributed by atoms with van der Waals surface area (Å²) in [4.78, 5) is 7.74. The van der Waals surface area contributed by atoms with Crippen molar-refractivity contribution < 1.29 is 0 Å². The van der Waals surface area contributed by atoms with Crippen LogP contribution in [0.25, 0.3) is 0 Å². The molecule has 0 atom stereocenters. The topological polar surface area (TPSA) is 88.8 Å². The lowest BCUT2D eigenvalue weighted by Gasteiger charge is -2.02. The number of hydrogen-bond acceptors (Lipinski definition) is 2. The van der Waals surface area contributed by atoms with Crippen molar-refractivity contribution in [2.24, 2.45) is 21.5 Å². The van der Waals surface area contributed by atoms with E-state index < -0.39 is 0 Å². The normalized spacial score (nSPS) is 12.3. The Bertz CT molecular complexity index is 205. The average Bonchev–Trinajstić information content (AvgIpc) is 2.11. The Hall–Kier alpha value is -1.78. The summed E-state index contributed by atoms with van der Waals surface area (Å²) < 4.78 is 0. The second-order valence-corrected chi connectivity index (χ2v) is 2.15. The van der Waals surface area contributed by atoms with Crippen LogP contribution in [-0.2, 0) is 0 Å². The van der Waals surface area contributed by atoms with Crippen LogP contribution in [0.2, 0.25) is 0 Å². The van der Waals surface area contributed by atoms with Crippen molar-refractivity contribution >= 4 is 11.9 Å². The molecule has 0 saturated carbocycles. The smallest absolute Gasteiger partial charge is 0.195 e. The van der Waals surface area contributed by atoms with Gasteiger partial charge in [0.1, 0.15) is 0 Å². The van der Waals surface area contributed by atoms with Gasteiger partial charge in [-0.25, -0.2) is 9.98 Å². The van der Waals surface area contributed by atoms with E-state index in [-0.39, 0.29) is 11.9 Å². The summed E-state index contributed by atoms with van der Waals surface area (Å²) in [6.45, 7) is 7.90. The van der Waals surface area contributed by atoms with Gasteiger partial charge in [-0.2, -0.15) is 0 Å². The Morgan fingerprint density at radius 1 is 1.08 bits per heavy atom. The number of aliphatic imine (C=N–C) groups is 2. The molecule has 0 aliphatic heterocycles. The third kappa shape index (κ3) is 6.61. The molecule has 5 heteroatoms. The molecule has 0 aromatic carbocycles. The van der Waals surface area contributed by atoms with Gasteiger partial charge in [0.2, 0.25) is 0 Å². The highest BCUT2D eigenvalue weighted by molar-refractivity contribution is 5.97. The molecule has 0 amide bonds. The third-order valence-electron chi connectivity index (χ3n) is 1.04. The Balaban J connectivity index is 3.95. The van der Waals surface area contributed by atoms with Crippen molar-refractivity contribution in [2.45, 2.75) is 0 Å².